The Morgan fingerprint density at radius 1 is 1.04 bits per heavy atom. The molecule has 0 saturated carbocycles. The number of benzene rings is 2. The summed E-state index contributed by atoms with van der Waals surface area (Å²) in [6, 6.07) is 11.4. The number of para-hydroxylation sites is 1. The number of piperazine rings is 1. The maximum absolute atomic E-state index is 13.8. The van der Waals surface area contributed by atoms with Gasteiger partial charge in [0.05, 0.1) is 12.2 Å². The van der Waals surface area contributed by atoms with Gasteiger partial charge in [0, 0.05) is 38.3 Å². The lowest BCUT2D eigenvalue weighted by Gasteiger charge is -2.35. The van der Waals surface area contributed by atoms with Crippen molar-refractivity contribution < 1.29 is 18.3 Å². The first-order valence-electron chi connectivity index (χ1n) is 8.76. The van der Waals surface area contributed by atoms with Crippen LogP contribution in [-0.2, 0) is 6.54 Å². The van der Waals surface area contributed by atoms with Gasteiger partial charge in [-0.25, -0.2) is 8.78 Å². The zero-order valence-electron chi connectivity index (χ0n) is 14.8. The van der Waals surface area contributed by atoms with E-state index in [0.717, 1.165) is 6.07 Å². The molecule has 0 spiro atoms. The van der Waals surface area contributed by atoms with Crippen LogP contribution in [0.4, 0.5) is 8.78 Å². The monoisotopic (exact) mass is 360 g/mol. The molecular weight excluding hydrogens is 338 g/mol. The Hall–Kier alpha value is -2.47. The molecular formula is C20H22F2N2O2. The van der Waals surface area contributed by atoms with Gasteiger partial charge < -0.3 is 9.64 Å². The minimum atomic E-state index is -0.830. The molecule has 2 aromatic carbocycles. The Kier molecular flexibility index (Phi) is 5.83. The molecule has 1 amide bonds. The largest absolute Gasteiger partial charge is 0.493 e. The van der Waals surface area contributed by atoms with E-state index in [0.29, 0.717) is 56.2 Å². The molecule has 0 unspecified atom stereocenters. The first-order valence-corrected chi connectivity index (χ1v) is 8.76. The molecule has 0 N–H and O–H groups in total. The van der Waals surface area contributed by atoms with Crippen LogP contribution in [0.25, 0.3) is 0 Å². The molecule has 2 aromatic rings. The van der Waals surface area contributed by atoms with E-state index < -0.39 is 11.6 Å². The average molecular weight is 360 g/mol. The van der Waals surface area contributed by atoms with Crippen LogP contribution in [0.15, 0.2) is 42.5 Å². The quantitative estimate of drug-likeness (QED) is 0.820. The normalized spacial score (nSPS) is 15.1. The maximum Gasteiger partial charge on any atom is 0.257 e. The van der Waals surface area contributed by atoms with E-state index in [1.54, 1.807) is 23.1 Å². The molecule has 1 aliphatic rings. The number of carbonyl (C=O) groups is 1. The number of hydrogen-bond acceptors (Lipinski definition) is 3. The molecule has 26 heavy (non-hydrogen) atoms. The molecule has 0 aliphatic carbocycles. The number of amides is 1. The third kappa shape index (κ3) is 4.02. The maximum atomic E-state index is 13.8. The standard InChI is InChI=1S/C20H22F2N2O2/c1-2-26-18-9-4-3-7-16(18)20(25)24-12-10-23(11-13-24)14-15-6-5-8-17(21)19(15)22/h3-9H,2,10-14H2,1H3. The van der Waals surface area contributed by atoms with Crippen LogP contribution in [0, 0.1) is 11.6 Å². The highest BCUT2D eigenvalue weighted by Gasteiger charge is 2.24. The second kappa shape index (κ2) is 8.27. The summed E-state index contributed by atoms with van der Waals surface area (Å²) in [4.78, 5) is 16.6. The smallest absolute Gasteiger partial charge is 0.257 e. The molecule has 1 aliphatic heterocycles. The van der Waals surface area contributed by atoms with Crippen molar-refractivity contribution in [3.63, 3.8) is 0 Å². The molecule has 0 radical (unpaired) electrons. The summed E-state index contributed by atoms with van der Waals surface area (Å²) in [7, 11) is 0. The van der Waals surface area contributed by atoms with Crippen LogP contribution >= 0.6 is 0 Å². The molecule has 0 aromatic heterocycles. The molecule has 4 nitrogen and oxygen atoms in total. The van der Waals surface area contributed by atoms with E-state index in [1.165, 1.54) is 6.07 Å². The lowest BCUT2D eigenvalue weighted by atomic mass is 10.1. The molecule has 1 saturated heterocycles. The van der Waals surface area contributed by atoms with E-state index in [2.05, 4.69) is 0 Å². The van der Waals surface area contributed by atoms with Gasteiger partial charge in [-0.05, 0) is 25.1 Å². The van der Waals surface area contributed by atoms with Crippen molar-refractivity contribution in [1.82, 2.24) is 9.80 Å². The van der Waals surface area contributed by atoms with Crippen molar-refractivity contribution in [2.75, 3.05) is 32.8 Å². The Balaban J connectivity index is 1.62. The van der Waals surface area contributed by atoms with Crippen molar-refractivity contribution in [2.24, 2.45) is 0 Å². The minimum Gasteiger partial charge on any atom is -0.493 e. The summed E-state index contributed by atoms with van der Waals surface area (Å²) < 4.78 is 32.7. The first-order chi connectivity index (χ1) is 12.6. The summed E-state index contributed by atoms with van der Waals surface area (Å²) in [5.41, 5.74) is 0.894. The number of hydrogen-bond donors (Lipinski definition) is 0. The highest BCUT2D eigenvalue weighted by molar-refractivity contribution is 5.97. The SMILES string of the molecule is CCOc1ccccc1C(=O)N1CCN(Cc2cccc(F)c2F)CC1. The Bertz CT molecular complexity index is 774. The van der Waals surface area contributed by atoms with E-state index in [-0.39, 0.29) is 5.91 Å². The van der Waals surface area contributed by atoms with Crippen LogP contribution in [0.5, 0.6) is 5.75 Å². The fourth-order valence-electron chi connectivity index (χ4n) is 3.12. The molecule has 0 bridgehead atoms. The fourth-order valence-corrected chi connectivity index (χ4v) is 3.12. The van der Waals surface area contributed by atoms with Crippen LogP contribution in [0.3, 0.4) is 0 Å². The topological polar surface area (TPSA) is 32.8 Å². The molecule has 1 heterocycles. The van der Waals surface area contributed by atoms with E-state index in [9.17, 15) is 13.6 Å². The molecule has 1 fully saturated rings. The lowest BCUT2D eigenvalue weighted by molar-refractivity contribution is 0.0623. The third-order valence-electron chi connectivity index (χ3n) is 4.50. The Morgan fingerprint density at radius 3 is 2.50 bits per heavy atom. The third-order valence-corrected chi connectivity index (χ3v) is 4.50. The van der Waals surface area contributed by atoms with Crippen LogP contribution in [0.1, 0.15) is 22.8 Å². The number of nitrogens with zero attached hydrogens (tertiary/aromatic N) is 2. The van der Waals surface area contributed by atoms with Crippen molar-refractivity contribution in [3.8, 4) is 5.75 Å². The first kappa shape index (κ1) is 18.3. The van der Waals surface area contributed by atoms with E-state index >= 15 is 0 Å². The van der Waals surface area contributed by atoms with Crippen LogP contribution < -0.4 is 4.74 Å². The van der Waals surface area contributed by atoms with Gasteiger partial charge in [-0.15, -0.1) is 0 Å². The molecule has 138 valence electrons. The van der Waals surface area contributed by atoms with Crippen molar-refractivity contribution in [2.45, 2.75) is 13.5 Å². The second-order valence-corrected chi connectivity index (χ2v) is 6.21. The average Bonchev–Trinajstić information content (AvgIpc) is 2.66. The molecule has 0 atom stereocenters. The van der Waals surface area contributed by atoms with Gasteiger partial charge in [0.15, 0.2) is 11.6 Å². The number of halogens is 2. The number of ether oxygens (including phenoxy) is 1. The summed E-state index contributed by atoms with van der Waals surface area (Å²) in [5.74, 6) is -1.10. The van der Waals surface area contributed by atoms with Gasteiger partial charge in [0.2, 0.25) is 0 Å². The highest BCUT2D eigenvalue weighted by Crippen LogP contribution is 2.21. The van der Waals surface area contributed by atoms with Gasteiger partial charge in [-0.3, -0.25) is 9.69 Å². The zero-order valence-corrected chi connectivity index (χ0v) is 14.8. The predicted molar refractivity (Wildman–Crippen MR) is 95.1 cm³/mol. The number of rotatable bonds is 5. The van der Waals surface area contributed by atoms with Gasteiger partial charge in [0.1, 0.15) is 5.75 Å². The Morgan fingerprint density at radius 2 is 1.77 bits per heavy atom. The predicted octanol–water partition coefficient (Wildman–Crippen LogP) is 3.32. The lowest BCUT2D eigenvalue weighted by Crippen LogP contribution is -2.48. The summed E-state index contributed by atoms with van der Waals surface area (Å²) in [6.45, 7) is 5.01. The van der Waals surface area contributed by atoms with Gasteiger partial charge in [-0.2, -0.15) is 0 Å². The highest BCUT2D eigenvalue weighted by atomic mass is 19.2. The molecule has 6 heteroatoms. The van der Waals surface area contributed by atoms with Gasteiger partial charge >= 0.3 is 0 Å². The summed E-state index contributed by atoms with van der Waals surface area (Å²) in [6.07, 6.45) is 0. The fraction of sp³-hybridized carbons (Fsp3) is 0.350. The van der Waals surface area contributed by atoms with Crippen molar-refractivity contribution >= 4 is 5.91 Å². The Labute approximate surface area is 152 Å². The molecule has 3 rings (SSSR count). The summed E-state index contributed by atoms with van der Waals surface area (Å²) in [5, 5.41) is 0. The minimum absolute atomic E-state index is 0.0642. The van der Waals surface area contributed by atoms with E-state index in [1.807, 2.05) is 24.0 Å². The zero-order chi connectivity index (χ0) is 18.5. The van der Waals surface area contributed by atoms with Gasteiger partial charge in [0.25, 0.3) is 5.91 Å². The second-order valence-electron chi connectivity index (χ2n) is 6.21. The number of carbonyl (C=O) groups excluding carboxylic acids is 1. The van der Waals surface area contributed by atoms with Crippen LogP contribution in [0.2, 0.25) is 0 Å². The van der Waals surface area contributed by atoms with Crippen molar-refractivity contribution in [3.05, 3.63) is 65.2 Å². The van der Waals surface area contributed by atoms with Crippen molar-refractivity contribution in [1.29, 1.82) is 0 Å². The van der Waals surface area contributed by atoms with Gasteiger partial charge in [-0.1, -0.05) is 24.3 Å². The van der Waals surface area contributed by atoms with Crippen LogP contribution in [-0.4, -0.2) is 48.5 Å². The summed E-state index contributed by atoms with van der Waals surface area (Å²) >= 11 is 0. The van der Waals surface area contributed by atoms with E-state index in [4.69, 9.17) is 4.74 Å².